The quantitative estimate of drug-likeness (QED) is 0.859. The van der Waals surface area contributed by atoms with Crippen molar-refractivity contribution >= 4 is 23.5 Å². The van der Waals surface area contributed by atoms with E-state index in [1.807, 2.05) is 18.2 Å². The third kappa shape index (κ3) is 3.52. The minimum absolute atomic E-state index is 0.144. The number of hydrogen-bond donors (Lipinski definition) is 1. The number of Topliss-reactive ketones (excluding diaryl/α,β-unsaturated/α-hetero) is 1. The van der Waals surface area contributed by atoms with Gasteiger partial charge in [0, 0.05) is 25.5 Å². The van der Waals surface area contributed by atoms with Gasteiger partial charge in [-0.15, -0.1) is 0 Å². The van der Waals surface area contributed by atoms with Crippen LogP contribution < -0.4 is 10.2 Å². The fourth-order valence-corrected chi connectivity index (χ4v) is 3.06. The van der Waals surface area contributed by atoms with E-state index < -0.39 is 6.09 Å². The highest BCUT2D eigenvalue weighted by molar-refractivity contribution is 5.90. The number of hydrogen-bond acceptors (Lipinski definition) is 4. The molecule has 122 valence electrons. The molecule has 2 aliphatic rings. The highest BCUT2D eigenvalue weighted by Crippen LogP contribution is 2.27. The molecule has 1 aliphatic carbocycles. The number of benzene rings is 1. The Morgan fingerprint density at radius 3 is 2.91 bits per heavy atom. The lowest BCUT2D eigenvalue weighted by molar-refractivity contribution is -0.119. The number of ether oxygens (including phenoxy) is 1. The Balaban J connectivity index is 1.74. The maximum absolute atomic E-state index is 12.1. The molecule has 6 heteroatoms. The zero-order valence-electron chi connectivity index (χ0n) is 13.1. The van der Waals surface area contributed by atoms with Gasteiger partial charge in [-0.3, -0.25) is 14.5 Å². The number of carbonyl (C=O) groups excluding carboxylic acids is 3. The van der Waals surface area contributed by atoms with Crippen LogP contribution in [-0.2, 0) is 27.2 Å². The summed E-state index contributed by atoms with van der Waals surface area (Å²) in [6, 6.07) is 5.78. The summed E-state index contributed by atoms with van der Waals surface area (Å²) < 4.78 is 5.28. The molecule has 0 bridgehead atoms. The number of nitrogens with one attached hydrogen (secondary N) is 1. The number of amides is 2. The molecule has 1 aliphatic heterocycles. The normalized spacial score (nSPS) is 20.7. The van der Waals surface area contributed by atoms with Crippen LogP contribution in [0.4, 0.5) is 10.5 Å². The lowest BCUT2D eigenvalue weighted by Crippen LogP contribution is -2.33. The van der Waals surface area contributed by atoms with Gasteiger partial charge in [-0.05, 0) is 36.1 Å². The molecular weight excluding hydrogens is 296 g/mol. The Morgan fingerprint density at radius 2 is 2.13 bits per heavy atom. The van der Waals surface area contributed by atoms with Crippen molar-refractivity contribution in [2.45, 2.75) is 38.7 Å². The molecular formula is C17H20N2O4. The van der Waals surface area contributed by atoms with Gasteiger partial charge in [-0.2, -0.15) is 0 Å². The van der Waals surface area contributed by atoms with E-state index in [9.17, 15) is 14.4 Å². The topological polar surface area (TPSA) is 75.7 Å². The zero-order valence-corrected chi connectivity index (χ0v) is 13.1. The van der Waals surface area contributed by atoms with Crippen LogP contribution in [0.3, 0.4) is 0 Å². The number of nitrogens with zero attached hydrogens (tertiary/aromatic N) is 1. The average molecular weight is 316 g/mol. The maximum Gasteiger partial charge on any atom is 0.414 e. The van der Waals surface area contributed by atoms with E-state index in [1.54, 1.807) is 4.90 Å². The van der Waals surface area contributed by atoms with Gasteiger partial charge in [0.15, 0.2) is 0 Å². The summed E-state index contributed by atoms with van der Waals surface area (Å²) in [6.07, 6.45) is 2.06. The van der Waals surface area contributed by atoms with Gasteiger partial charge >= 0.3 is 6.09 Å². The molecule has 1 heterocycles. The first-order valence-corrected chi connectivity index (χ1v) is 7.89. The molecule has 23 heavy (non-hydrogen) atoms. The maximum atomic E-state index is 12.1. The van der Waals surface area contributed by atoms with Crippen LogP contribution in [-0.4, -0.2) is 37.0 Å². The van der Waals surface area contributed by atoms with E-state index in [0.717, 1.165) is 29.7 Å². The number of fused-ring (bicyclic) bond motifs is 1. The van der Waals surface area contributed by atoms with Crippen LogP contribution in [0.2, 0.25) is 0 Å². The second kappa shape index (κ2) is 6.40. The molecule has 1 aromatic carbocycles. The number of cyclic esters (lactones) is 1. The first-order valence-electron chi connectivity index (χ1n) is 7.89. The van der Waals surface area contributed by atoms with Crippen molar-refractivity contribution in [1.82, 2.24) is 5.32 Å². The van der Waals surface area contributed by atoms with Crippen molar-refractivity contribution in [3.63, 3.8) is 0 Å². The zero-order chi connectivity index (χ0) is 16.4. The first kappa shape index (κ1) is 15.5. The van der Waals surface area contributed by atoms with Crippen molar-refractivity contribution in [2.24, 2.45) is 0 Å². The standard InChI is InChI=1S/C17H20N2O4/c1-11(20)18-9-16-10-19(17(22)23-16)14-6-5-13-8-15(21)4-2-3-12(13)7-14/h5-7,16H,2-4,8-10H2,1H3,(H,18,20). The smallest absolute Gasteiger partial charge is 0.414 e. The molecule has 6 nitrogen and oxygen atoms in total. The van der Waals surface area contributed by atoms with Crippen LogP contribution in [0, 0.1) is 0 Å². The molecule has 0 saturated carbocycles. The molecule has 2 amide bonds. The summed E-state index contributed by atoms with van der Waals surface area (Å²) in [5.41, 5.74) is 2.97. The van der Waals surface area contributed by atoms with Gasteiger partial charge in [-0.1, -0.05) is 6.07 Å². The van der Waals surface area contributed by atoms with E-state index >= 15 is 0 Å². The minimum Gasteiger partial charge on any atom is -0.442 e. The van der Waals surface area contributed by atoms with E-state index in [0.29, 0.717) is 25.9 Å². The van der Waals surface area contributed by atoms with Crippen LogP contribution >= 0.6 is 0 Å². The summed E-state index contributed by atoms with van der Waals surface area (Å²) >= 11 is 0. The summed E-state index contributed by atoms with van der Waals surface area (Å²) in [5, 5.41) is 2.66. The summed E-state index contributed by atoms with van der Waals surface area (Å²) in [6.45, 7) is 2.16. The number of rotatable bonds is 3. The molecule has 1 atom stereocenters. The van der Waals surface area contributed by atoms with Crippen LogP contribution in [0.1, 0.15) is 30.9 Å². The second-order valence-corrected chi connectivity index (χ2v) is 6.08. The van der Waals surface area contributed by atoms with E-state index in [2.05, 4.69) is 5.32 Å². The molecule has 1 N–H and O–H groups in total. The van der Waals surface area contributed by atoms with Gasteiger partial charge in [0.25, 0.3) is 0 Å². The molecule has 0 aromatic heterocycles. The van der Waals surface area contributed by atoms with Gasteiger partial charge in [0.05, 0.1) is 13.1 Å². The van der Waals surface area contributed by atoms with Crippen molar-refractivity contribution in [1.29, 1.82) is 0 Å². The number of carbonyl (C=O) groups is 3. The van der Waals surface area contributed by atoms with E-state index in [4.69, 9.17) is 4.74 Å². The Bertz CT molecular complexity index is 656. The predicted octanol–water partition coefficient (Wildman–Crippen LogP) is 1.60. The van der Waals surface area contributed by atoms with Crippen LogP contribution in [0.5, 0.6) is 0 Å². The van der Waals surface area contributed by atoms with Crippen LogP contribution in [0.25, 0.3) is 0 Å². The highest BCUT2D eigenvalue weighted by atomic mass is 16.6. The Hall–Kier alpha value is -2.37. The summed E-state index contributed by atoms with van der Waals surface area (Å²) in [4.78, 5) is 36.3. The van der Waals surface area contributed by atoms with Gasteiger partial charge < -0.3 is 10.1 Å². The van der Waals surface area contributed by atoms with E-state index in [1.165, 1.54) is 6.92 Å². The number of ketones is 1. The molecule has 0 spiro atoms. The first-order chi connectivity index (χ1) is 11.0. The van der Waals surface area contributed by atoms with Crippen molar-refractivity contribution in [3.05, 3.63) is 29.3 Å². The molecule has 1 saturated heterocycles. The van der Waals surface area contributed by atoms with Gasteiger partial charge in [0.2, 0.25) is 5.91 Å². The summed E-state index contributed by atoms with van der Waals surface area (Å²) in [5.74, 6) is 0.127. The predicted molar refractivity (Wildman–Crippen MR) is 84.4 cm³/mol. The molecule has 0 radical (unpaired) electrons. The lowest BCUT2D eigenvalue weighted by Gasteiger charge is -2.16. The Labute approximate surface area is 134 Å². The molecule has 1 fully saturated rings. The highest BCUT2D eigenvalue weighted by Gasteiger charge is 2.32. The SMILES string of the molecule is CC(=O)NCC1CN(c2ccc3c(c2)CCCC(=O)C3)C(=O)O1. The Kier molecular flexibility index (Phi) is 4.32. The largest absolute Gasteiger partial charge is 0.442 e. The van der Waals surface area contributed by atoms with Crippen molar-refractivity contribution < 1.29 is 19.1 Å². The molecule has 3 rings (SSSR count). The number of aryl methyl sites for hydroxylation is 1. The third-order valence-electron chi connectivity index (χ3n) is 4.24. The molecule has 1 unspecified atom stereocenters. The average Bonchev–Trinajstić information content (AvgIpc) is 2.77. The Morgan fingerprint density at radius 1 is 1.30 bits per heavy atom. The summed E-state index contributed by atoms with van der Waals surface area (Å²) in [7, 11) is 0. The fraction of sp³-hybridized carbons (Fsp3) is 0.471. The monoisotopic (exact) mass is 316 g/mol. The van der Waals surface area contributed by atoms with Crippen molar-refractivity contribution in [3.8, 4) is 0 Å². The third-order valence-corrected chi connectivity index (χ3v) is 4.24. The number of anilines is 1. The fourth-order valence-electron chi connectivity index (χ4n) is 3.06. The minimum atomic E-state index is -0.398. The van der Waals surface area contributed by atoms with Crippen molar-refractivity contribution in [2.75, 3.05) is 18.0 Å². The van der Waals surface area contributed by atoms with Crippen LogP contribution in [0.15, 0.2) is 18.2 Å². The van der Waals surface area contributed by atoms with Gasteiger partial charge in [0.1, 0.15) is 11.9 Å². The van der Waals surface area contributed by atoms with E-state index in [-0.39, 0.29) is 17.8 Å². The van der Waals surface area contributed by atoms with Gasteiger partial charge in [-0.25, -0.2) is 4.79 Å². The molecule has 1 aromatic rings. The second-order valence-electron chi connectivity index (χ2n) is 6.08. The lowest BCUT2D eigenvalue weighted by atomic mass is 10.0.